The van der Waals surface area contributed by atoms with E-state index in [0.29, 0.717) is 5.75 Å². The van der Waals surface area contributed by atoms with Gasteiger partial charge in [-0.25, -0.2) is 14.2 Å². The number of aryl methyl sites for hydroxylation is 1. The van der Waals surface area contributed by atoms with Crippen LogP contribution in [0.4, 0.5) is 10.2 Å². The van der Waals surface area contributed by atoms with E-state index in [-0.39, 0.29) is 16.5 Å². The van der Waals surface area contributed by atoms with Crippen LogP contribution in [0.3, 0.4) is 0 Å². The average molecular weight is 474 g/mol. The highest BCUT2D eigenvalue weighted by atomic mass is 19.1. The highest BCUT2D eigenvalue weighted by molar-refractivity contribution is 5.91. The van der Waals surface area contributed by atoms with Crippen LogP contribution in [0.2, 0.25) is 0 Å². The van der Waals surface area contributed by atoms with Crippen molar-refractivity contribution in [1.29, 1.82) is 0 Å². The van der Waals surface area contributed by atoms with E-state index in [0.717, 1.165) is 34.7 Å². The molecule has 0 radical (unpaired) electrons. The number of nitrogens with zero attached hydrogens (tertiary/aromatic N) is 2. The zero-order chi connectivity index (χ0) is 25.4. The topological polar surface area (TPSA) is 55.6 Å². The first-order valence-electron chi connectivity index (χ1n) is 11.8. The molecule has 4 rings (SSSR count). The van der Waals surface area contributed by atoms with Crippen molar-refractivity contribution in [3.05, 3.63) is 83.8 Å². The van der Waals surface area contributed by atoms with Crippen LogP contribution in [-0.4, -0.2) is 20.9 Å². The molecule has 2 aromatic heterocycles. The molecule has 0 aliphatic heterocycles. The number of carbonyl (C=O) groups excluding carboxylic acids is 1. The van der Waals surface area contributed by atoms with E-state index in [4.69, 9.17) is 9.72 Å². The fourth-order valence-electron chi connectivity index (χ4n) is 4.67. The number of pyridine rings is 1. The summed E-state index contributed by atoms with van der Waals surface area (Å²) in [6.45, 7) is 13.1. The van der Waals surface area contributed by atoms with Crippen LogP contribution in [0.25, 0.3) is 16.9 Å². The van der Waals surface area contributed by atoms with Gasteiger partial charge in [-0.05, 0) is 80.6 Å². The largest absolute Gasteiger partial charge is 0.423 e. The molecule has 0 amide bonds. The number of benzene rings is 2. The van der Waals surface area contributed by atoms with Gasteiger partial charge in [-0.15, -0.1) is 0 Å². The maximum absolute atomic E-state index is 13.2. The third kappa shape index (κ3) is 5.70. The summed E-state index contributed by atoms with van der Waals surface area (Å²) in [6, 6.07) is 16.7. The molecule has 4 aromatic rings. The zero-order valence-corrected chi connectivity index (χ0v) is 21.1. The van der Waals surface area contributed by atoms with Gasteiger partial charge in [-0.1, -0.05) is 39.0 Å². The lowest BCUT2D eigenvalue weighted by atomic mass is 9.82. The number of esters is 1. The lowest BCUT2D eigenvalue weighted by Crippen LogP contribution is -2.36. The molecule has 0 bridgehead atoms. The monoisotopic (exact) mass is 473 g/mol. The molecule has 6 heteroatoms. The van der Waals surface area contributed by atoms with Gasteiger partial charge >= 0.3 is 5.97 Å². The SMILES string of the molecule is Cc1cccn2c(NC(C)(C)CC(C)(C)C)c(-c3cccc(OC(=O)c4ccc(F)cc4)c3)nc12. The summed E-state index contributed by atoms with van der Waals surface area (Å²) >= 11 is 0. The summed E-state index contributed by atoms with van der Waals surface area (Å²) < 4.78 is 20.9. The molecular formula is C29H32FN3O2. The first-order chi connectivity index (χ1) is 16.4. The molecular weight excluding hydrogens is 441 g/mol. The number of halogens is 1. The van der Waals surface area contributed by atoms with E-state index < -0.39 is 11.8 Å². The Bertz CT molecular complexity index is 1370. The number of hydrogen-bond acceptors (Lipinski definition) is 4. The molecule has 0 spiro atoms. The molecule has 1 N–H and O–H groups in total. The van der Waals surface area contributed by atoms with Crippen LogP contribution in [-0.2, 0) is 0 Å². The van der Waals surface area contributed by atoms with Gasteiger partial charge in [0.05, 0.1) is 5.56 Å². The van der Waals surface area contributed by atoms with E-state index >= 15 is 0 Å². The maximum atomic E-state index is 13.2. The van der Waals surface area contributed by atoms with Crippen LogP contribution in [0.15, 0.2) is 66.9 Å². The van der Waals surface area contributed by atoms with Crippen molar-refractivity contribution in [3.63, 3.8) is 0 Å². The Hall–Kier alpha value is -3.67. The minimum Gasteiger partial charge on any atom is -0.423 e. The number of rotatable bonds is 6. The van der Waals surface area contributed by atoms with Gasteiger partial charge in [0, 0.05) is 17.3 Å². The summed E-state index contributed by atoms with van der Waals surface area (Å²) in [5, 5.41) is 3.74. The number of imidazole rings is 1. The normalized spacial score (nSPS) is 12.1. The Morgan fingerprint density at radius 1 is 1.03 bits per heavy atom. The minimum atomic E-state index is -0.544. The number of anilines is 1. The maximum Gasteiger partial charge on any atom is 0.343 e. The number of ether oxygens (including phenoxy) is 1. The predicted octanol–water partition coefficient (Wildman–Crippen LogP) is 7.29. The highest BCUT2D eigenvalue weighted by Gasteiger charge is 2.28. The smallest absolute Gasteiger partial charge is 0.343 e. The molecule has 0 saturated heterocycles. The molecule has 0 atom stereocenters. The number of carbonyl (C=O) groups is 1. The molecule has 0 aliphatic rings. The van der Waals surface area contributed by atoms with Crippen molar-refractivity contribution < 1.29 is 13.9 Å². The van der Waals surface area contributed by atoms with Crippen LogP contribution in [0.1, 0.15) is 57.0 Å². The average Bonchev–Trinajstić information content (AvgIpc) is 3.12. The van der Waals surface area contributed by atoms with Crippen molar-refractivity contribution in [2.45, 2.75) is 53.5 Å². The molecule has 0 unspecified atom stereocenters. The summed E-state index contributed by atoms with van der Waals surface area (Å²) in [6.07, 6.45) is 2.96. The van der Waals surface area contributed by atoms with Crippen LogP contribution in [0.5, 0.6) is 5.75 Å². The summed E-state index contributed by atoms with van der Waals surface area (Å²) in [5.74, 6) is 0.336. The number of aromatic nitrogens is 2. The molecule has 0 aliphatic carbocycles. The Labute approximate surface area is 206 Å². The molecule has 182 valence electrons. The van der Waals surface area contributed by atoms with Gasteiger partial charge in [0.2, 0.25) is 0 Å². The van der Waals surface area contributed by atoms with E-state index in [1.807, 2.05) is 37.4 Å². The van der Waals surface area contributed by atoms with E-state index in [1.54, 1.807) is 12.1 Å². The van der Waals surface area contributed by atoms with E-state index in [9.17, 15) is 9.18 Å². The van der Waals surface area contributed by atoms with Crippen LogP contribution in [0, 0.1) is 18.2 Å². The fourth-order valence-corrected chi connectivity index (χ4v) is 4.67. The first-order valence-corrected chi connectivity index (χ1v) is 11.8. The summed E-state index contributed by atoms with van der Waals surface area (Å²) in [4.78, 5) is 17.5. The van der Waals surface area contributed by atoms with E-state index in [2.05, 4.69) is 44.3 Å². The van der Waals surface area contributed by atoms with Crippen molar-refractivity contribution >= 4 is 17.4 Å². The molecule has 5 nitrogen and oxygen atoms in total. The van der Waals surface area contributed by atoms with Crippen molar-refractivity contribution in [2.75, 3.05) is 5.32 Å². The quantitative estimate of drug-likeness (QED) is 0.236. The van der Waals surface area contributed by atoms with Crippen LogP contribution < -0.4 is 10.1 Å². The minimum absolute atomic E-state index is 0.140. The van der Waals surface area contributed by atoms with Gasteiger partial charge in [0.25, 0.3) is 0 Å². The Morgan fingerprint density at radius 3 is 2.43 bits per heavy atom. The first kappa shape index (κ1) is 24.5. The Balaban J connectivity index is 1.73. The summed E-state index contributed by atoms with van der Waals surface area (Å²) in [5.41, 5.74) is 3.76. The standard InChI is InChI=1S/C29H32FN3O2/c1-19-9-8-16-33-25(19)31-24(26(33)32-29(5,6)18-28(2,3)4)21-10-7-11-23(17-21)35-27(34)20-12-14-22(30)15-13-20/h7-17,32H,18H2,1-6H3. The van der Waals surface area contributed by atoms with Gasteiger partial charge in [0.1, 0.15) is 28.7 Å². The lowest BCUT2D eigenvalue weighted by molar-refractivity contribution is 0.0735. The summed E-state index contributed by atoms with van der Waals surface area (Å²) in [7, 11) is 0. The molecule has 2 heterocycles. The molecule has 35 heavy (non-hydrogen) atoms. The predicted molar refractivity (Wildman–Crippen MR) is 138 cm³/mol. The molecule has 0 fully saturated rings. The Kier molecular flexibility index (Phi) is 6.41. The number of nitrogens with one attached hydrogen (secondary N) is 1. The van der Waals surface area contributed by atoms with Crippen molar-refractivity contribution in [3.8, 4) is 17.0 Å². The van der Waals surface area contributed by atoms with Crippen molar-refractivity contribution in [1.82, 2.24) is 9.38 Å². The fraction of sp³-hybridized carbons (Fsp3) is 0.310. The van der Waals surface area contributed by atoms with Crippen molar-refractivity contribution in [2.24, 2.45) is 5.41 Å². The second-order valence-corrected chi connectivity index (χ2v) is 10.9. The third-order valence-corrected chi connectivity index (χ3v) is 5.67. The van der Waals surface area contributed by atoms with Gasteiger partial charge in [-0.3, -0.25) is 4.40 Å². The molecule has 2 aromatic carbocycles. The Morgan fingerprint density at radius 2 is 1.74 bits per heavy atom. The van der Waals surface area contributed by atoms with E-state index in [1.165, 1.54) is 24.3 Å². The van der Waals surface area contributed by atoms with Gasteiger partial charge < -0.3 is 10.1 Å². The number of fused-ring (bicyclic) bond motifs is 1. The second kappa shape index (κ2) is 9.17. The highest BCUT2D eigenvalue weighted by Crippen LogP contribution is 2.36. The number of hydrogen-bond donors (Lipinski definition) is 1. The molecule has 0 saturated carbocycles. The van der Waals surface area contributed by atoms with Crippen LogP contribution >= 0.6 is 0 Å². The second-order valence-electron chi connectivity index (χ2n) is 10.9. The lowest BCUT2D eigenvalue weighted by Gasteiger charge is -2.34. The van der Waals surface area contributed by atoms with Gasteiger partial charge in [0.15, 0.2) is 0 Å². The third-order valence-electron chi connectivity index (χ3n) is 5.67. The zero-order valence-electron chi connectivity index (χ0n) is 21.1. The van der Waals surface area contributed by atoms with Gasteiger partial charge in [-0.2, -0.15) is 0 Å².